The van der Waals surface area contributed by atoms with E-state index >= 15 is 0 Å². The summed E-state index contributed by atoms with van der Waals surface area (Å²) in [6, 6.07) is 0. The van der Waals surface area contributed by atoms with E-state index in [1.54, 1.807) is 22.7 Å². The van der Waals surface area contributed by atoms with E-state index in [0.717, 1.165) is 22.3 Å². The summed E-state index contributed by atoms with van der Waals surface area (Å²) in [5.74, 6) is 5.32. The molecule has 0 N–H and O–H groups in total. The van der Waals surface area contributed by atoms with Crippen molar-refractivity contribution in [1.82, 2.24) is 0 Å². The van der Waals surface area contributed by atoms with Crippen molar-refractivity contribution >= 4 is 22.7 Å². The lowest BCUT2D eigenvalue weighted by molar-refractivity contribution is 1.73. The molecule has 0 atom stereocenters. The summed E-state index contributed by atoms with van der Waals surface area (Å²) in [6.07, 6.45) is 10.8. The van der Waals surface area contributed by atoms with Crippen LogP contribution >= 0.6 is 22.7 Å². The third-order valence-corrected chi connectivity index (χ3v) is 3.41. The van der Waals surface area contributed by atoms with Crippen LogP contribution in [0.2, 0.25) is 0 Å². The van der Waals surface area contributed by atoms with Crippen LogP contribution < -0.4 is 0 Å². The zero-order valence-corrected chi connectivity index (χ0v) is 8.91. The van der Waals surface area contributed by atoms with Gasteiger partial charge < -0.3 is 0 Å². The predicted molar refractivity (Wildman–Crippen MR) is 63.5 cm³/mol. The Balaban J connectivity index is 2.62. The summed E-state index contributed by atoms with van der Waals surface area (Å²) in [4.78, 5) is 0. The maximum atomic E-state index is 5.40. The maximum Gasteiger partial charge on any atom is 0.0428 e. The van der Waals surface area contributed by atoms with Crippen molar-refractivity contribution in [2.45, 2.75) is 0 Å². The van der Waals surface area contributed by atoms with Gasteiger partial charge in [-0.25, -0.2) is 0 Å². The normalized spacial score (nSPS) is 9.29. The third-order valence-electron chi connectivity index (χ3n) is 1.93. The molecule has 2 heteroatoms. The van der Waals surface area contributed by atoms with E-state index in [-0.39, 0.29) is 0 Å². The summed E-state index contributed by atoms with van der Waals surface area (Å²) in [5.41, 5.74) is 3.99. The van der Waals surface area contributed by atoms with Crippen LogP contribution in [0, 0.1) is 24.7 Å². The first-order chi connectivity index (χ1) is 6.86. The molecule has 0 spiro atoms. The first kappa shape index (κ1) is 9.09. The Bertz CT molecular complexity index is 479. The Labute approximate surface area is 91.2 Å². The predicted octanol–water partition coefficient (Wildman–Crippen LogP) is 3.44. The minimum atomic E-state index is 0.921. The summed E-state index contributed by atoms with van der Waals surface area (Å²) in [6.45, 7) is 0. The first-order valence-electron chi connectivity index (χ1n) is 3.92. The van der Waals surface area contributed by atoms with Crippen LogP contribution in [0.25, 0.3) is 11.1 Å². The molecule has 0 nitrogen and oxygen atoms in total. The van der Waals surface area contributed by atoms with Gasteiger partial charge in [-0.15, -0.1) is 12.8 Å². The molecule has 0 aliphatic rings. The fraction of sp³-hybridized carbons (Fsp3) is 0. The van der Waals surface area contributed by atoms with E-state index in [1.807, 2.05) is 21.5 Å². The van der Waals surface area contributed by atoms with Gasteiger partial charge in [-0.3, -0.25) is 0 Å². The zero-order chi connectivity index (χ0) is 9.97. The molecule has 0 fully saturated rings. The molecule has 2 heterocycles. The Morgan fingerprint density at radius 1 is 0.786 bits per heavy atom. The minimum absolute atomic E-state index is 0.921. The van der Waals surface area contributed by atoms with Crippen molar-refractivity contribution in [2.24, 2.45) is 0 Å². The smallest absolute Gasteiger partial charge is 0.0428 e. The van der Waals surface area contributed by atoms with E-state index in [2.05, 4.69) is 11.8 Å². The molecule has 2 rings (SSSR count). The average molecular weight is 214 g/mol. The van der Waals surface area contributed by atoms with Crippen molar-refractivity contribution in [3.63, 3.8) is 0 Å². The van der Waals surface area contributed by atoms with Gasteiger partial charge in [-0.1, -0.05) is 11.8 Å². The number of thiophene rings is 2. The Hall–Kier alpha value is -1.48. The molecule has 0 unspecified atom stereocenters. The van der Waals surface area contributed by atoms with Crippen LogP contribution in [0.15, 0.2) is 21.5 Å². The molecule has 0 aliphatic carbocycles. The standard InChI is InChI=1S/C12H6S2/c1-3-9-5-13-7-11(9)12-8-14-6-10(12)4-2/h1-2,5-8H. The molecule has 0 aliphatic heterocycles. The van der Waals surface area contributed by atoms with Crippen LogP contribution in [0.4, 0.5) is 0 Å². The van der Waals surface area contributed by atoms with Crippen molar-refractivity contribution in [3.8, 4) is 35.8 Å². The zero-order valence-electron chi connectivity index (χ0n) is 7.28. The number of hydrogen-bond donors (Lipinski definition) is 0. The highest BCUT2D eigenvalue weighted by molar-refractivity contribution is 7.09. The van der Waals surface area contributed by atoms with Crippen LogP contribution in [-0.4, -0.2) is 0 Å². The van der Waals surface area contributed by atoms with Gasteiger partial charge in [0.05, 0.1) is 0 Å². The molecule has 14 heavy (non-hydrogen) atoms. The topological polar surface area (TPSA) is 0 Å². The lowest BCUT2D eigenvalue weighted by Crippen LogP contribution is -1.78. The van der Waals surface area contributed by atoms with Gasteiger partial charge in [0.1, 0.15) is 0 Å². The summed E-state index contributed by atoms with van der Waals surface area (Å²) in [5, 5.41) is 8.01. The lowest BCUT2D eigenvalue weighted by Gasteiger charge is -1.96. The van der Waals surface area contributed by atoms with Crippen LogP contribution in [0.5, 0.6) is 0 Å². The van der Waals surface area contributed by atoms with Crippen LogP contribution in [-0.2, 0) is 0 Å². The van der Waals surface area contributed by atoms with Gasteiger partial charge in [-0.2, -0.15) is 22.7 Å². The largest absolute Gasteiger partial charge is 0.150 e. The SMILES string of the molecule is C#Cc1cscc1-c1cscc1C#C. The third kappa shape index (κ3) is 1.36. The summed E-state index contributed by atoms with van der Waals surface area (Å²) in [7, 11) is 0. The van der Waals surface area contributed by atoms with E-state index < -0.39 is 0 Å². The molecule has 0 radical (unpaired) electrons. The van der Waals surface area contributed by atoms with Gasteiger partial charge in [0.25, 0.3) is 0 Å². The maximum absolute atomic E-state index is 5.40. The van der Waals surface area contributed by atoms with E-state index in [9.17, 15) is 0 Å². The van der Waals surface area contributed by atoms with Gasteiger partial charge in [0.15, 0.2) is 0 Å². The highest BCUT2D eigenvalue weighted by atomic mass is 32.1. The minimum Gasteiger partial charge on any atom is -0.150 e. The van der Waals surface area contributed by atoms with Crippen molar-refractivity contribution < 1.29 is 0 Å². The fourth-order valence-corrected chi connectivity index (χ4v) is 2.81. The monoisotopic (exact) mass is 214 g/mol. The molecule has 0 bridgehead atoms. The van der Waals surface area contributed by atoms with E-state index in [1.165, 1.54) is 0 Å². The average Bonchev–Trinajstić information content (AvgIpc) is 2.85. The molecule has 0 amide bonds. The second-order valence-electron chi connectivity index (χ2n) is 2.69. The number of terminal acetylenes is 2. The second-order valence-corrected chi connectivity index (χ2v) is 4.17. The molecule has 2 aromatic rings. The summed E-state index contributed by atoms with van der Waals surface area (Å²) < 4.78 is 0. The molecule has 2 aromatic heterocycles. The molecule has 0 saturated carbocycles. The van der Waals surface area contributed by atoms with Gasteiger partial charge in [-0.05, 0) is 10.8 Å². The lowest BCUT2D eigenvalue weighted by atomic mass is 10.0. The highest BCUT2D eigenvalue weighted by Crippen LogP contribution is 2.31. The second kappa shape index (κ2) is 3.72. The van der Waals surface area contributed by atoms with E-state index in [4.69, 9.17) is 12.8 Å². The number of rotatable bonds is 1. The quantitative estimate of drug-likeness (QED) is 0.638. The molecule has 0 saturated heterocycles. The molecule has 66 valence electrons. The van der Waals surface area contributed by atoms with Crippen molar-refractivity contribution in [1.29, 1.82) is 0 Å². The first-order valence-corrected chi connectivity index (χ1v) is 5.81. The van der Waals surface area contributed by atoms with Gasteiger partial charge in [0.2, 0.25) is 0 Å². The van der Waals surface area contributed by atoms with Crippen LogP contribution in [0.3, 0.4) is 0 Å². The Kier molecular flexibility index (Phi) is 2.41. The van der Waals surface area contributed by atoms with Gasteiger partial charge in [0, 0.05) is 33.0 Å². The molecular weight excluding hydrogens is 208 g/mol. The Morgan fingerprint density at radius 2 is 1.21 bits per heavy atom. The molecule has 0 aromatic carbocycles. The number of hydrogen-bond acceptors (Lipinski definition) is 2. The Morgan fingerprint density at radius 3 is 1.57 bits per heavy atom. The highest BCUT2D eigenvalue weighted by Gasteiger charge is 2.08. The fourth-order valence-electron chi connectivity index (χ4n) is 1.23. The van der Waals surface area contributed by atoms with Gasteiger partial charge >= 0.3 is 0 Å². The summed E-state index contributed by atoms with van der Waals surface area (Å²) >= 11 is 3.20. The van der Waals surface area contributed by atoms with Crippen LogP contribution in [0.1, 0.15) is 11.1 Å². The van der Waals surface area contributed by atoms with Crippen molar-refractivity contribution in [2.75, 3.05) is 0 Å². The van der Waals surface area contributed by atoms with E-state index in [0.29, 0.717) is 0 Å². The molecular formula is C12H6S2. The van der Waals surface area contributed by atoms with Crippen molar-refractivity contribution in [3.05, 3.63) is 32.6 Å².